The maximum atomic E-state index is 12.7. The first-order chi connectivity index (χ1) is 12.6. The topological polar surface area (TPSA) is 76.4 Å². The van der Waals surface area contributed by atoms with Gasteiger partial charge in [0.15, 0.2) is 0 Å². The van der Waals surface area contributed by atoms with Crippen molar-refractivity contribution in [3.63, 3.8) is 0 Å². The molecule has 1 aliphatic carbocycles. The van der Waals surface area contributed by atoms with Crippen LogP contribution in [0.25, 0.3) is 0 Å². The summed E-state index contributed by atoms with van der Waals surface area (Å²) in [4.78, 5) is 14.5. The Kier molecular flexibility index (Phi) is 5.55. The van der Waals surface area contributed by atoms with Crippen molar-refractivity contribution in [1.82, 2.24) is 10.2 Å². The third-order valence-corrected chi connectivity index (χ3v) is 4.68. The molecule has 2 N–H and O–H groups in total. The number of nitrogens with one attached hydrogen (secondary N) is 1. The molecule has 0 aromatic heterocycles. The molecule has 2 atom stereocenters. The highest BCUT2D eigenvalue weighted by molar-refractivity contribution is 5.75. The molecule has 1 fully saturated rings. The van der Waals surface area contributed by atoms with E-state index in [0.717, 1.165) is 24.0 Å². The number of urea groups is 1. The van der Waals surface area contributed by atoms with Crippen molar-refractivity contribution in [2.75, 3.05) is 6.54 Å². The van der Waals surface area contributed by atoms with E-state index in [1.165, 1.54) is 0 Å². The summed E-state index contributed by atoms with van der Waals surface area (Å²) < 4.78 is 0. The molecule has 2 amide bonds. The summed E-state index contributed by atoms with van der Waals surface area (Å²) in [6.45, 7) is 2.19. The van der Waals surface area contributed by atoms with Gasteiger partial charge in [-0.15, -0.1) is 0 Å². The smallest absolute Gasteiger partial charge is 0.318 e. The lowest BCUT2D eigenvalue weighted by Crippen LogP contribution is -2.44. The zero-order valence-corrected chi connectivity index (χ0v) is 14.8. The van der Waals surface area contributed by atoms with E-state index in [-0.39, 0.29) is 24.7 Å². The van der Waals surface area contributed by atoms with Gasteiger partial charge in [-0.05, 0) is 43.0 Å². The maximum absolute atomic E-state index is 12.7. The van der Waals surface area contributed by atoms with E-state index in [1.54, 1.807) is 17.0 Å². The average molecular weight is 349 g/mol. The zero-order valence-electron chi connectivity index (χ0n) is 14.8. The Morgan fingerprint density at radius 1 is 1.19 bits per heavy atom. The Balaban J connectivity index is 1.64. The minimum atomic E-state index is -0.701. The minimum absolute atomic E-state index is 0.167. The highest BCUT2D eigenvalue weighted by Gasteiger charge is 2.34. The van der Waals surface area contributed by atoms with Crippen LogP contribution in [0.1, 0.15) is 48.6 Å². The van der Waals surface area contributed by atoms with E-state index in [4.69, 9.17) is 5.26 Å². The van der Waals surface area contributed by atoms with Gasteiger partial charge in [0.05, 0.1) is 30.3 Å². The third-order valence-electron chi connectivity index (χ3n) is 4.68. The van der Waals surface area contributed by atoms with Crippen molar-refractivity contribution in [1.29, 1.82) is 5.26 Å². The number of nitriles is 1. The second kappa shape index (κ2) is 8.03. The van der Waals surface area contributed by atoms with Crippen molar-refractivity contribution < 1.29 is 9.90 Å². The van der Waals surface area contributed by atoms with Gasteiger partial charge in [-0.1, -0.05) is 42.5 Å². The SMILES string of the molecule is C[C@H](NC(=O)N(C[C@H](O)c1ccccc1)C1CC1)c1ccc(C#N)cc1. The molecular weight excluding hydrogens is 326 g/mol. The molecular formula is C21H23N3O2. The summed E-state index contributed by atoms with van der Waals surface area (Å²) >= 11 is 0. The first-order valence-corrected chi connectivity index (χ1v) is 8.88. The molecule has 5 heteroatoms. The molecule has 26 heavy (non-hydrogen) atoms. The van der Waals surface area contributed by atoms with Gasteiger partial charge in [-0.2, -0.15) is 5.26 Å². The number of benzene rings is 2. The summed E-state index contributed by atoms with van der Waals surface area (Å²) in [5, 5.41) is 22.4. The Labute approximate surface area is 153 Å². The molecule has 0 radical (unpaired) electrons. The number of amides is 2. The predicted molar refractivity (Wildman–Crippen MR) is 99.2 cm³/mol. The van der Waals surface area contributed by atoms with Gasteiger partial charge in [-0.25, -0.2) is 4.79 Å². The fourth-order valence-electron chi connectivity index (χ4n) is 2.95. The minimum Gasteiger partial charge on any atom is -0.387 e. The highest BCUT2D eigenvalue weighted by Crippen LogP contribution is 2.29. The van der Waals surface area contributed by atoms with Crippen LogP contribution >= 0.6 is 0 Å². The van der Waals surface area contributed by atoms with Gasteiger partial charge in [0.2, 0.25) is 0 Å². The quantitative estimate of drug-likeness (QED) is 0.838. The predicted octanol–water partition coefficient (Wildman–Crippen LogP) is 3.53. The number of aliphatic hydroxyl groups is 1. The summed E-state index contributed by atoms with van der Waals surface area (Å²) in [5.41, 5.74) is 2.35. The van der Waals surface area contributed by atoms with E-state index < -0.39 is 6.10 Å². The number of nitrogens with zero attached hydrogens (tertiary/aromatic N) is 2. The van der Waals surface area contributed by atoms with Crippen LogP contribution in [0.5, 0.6) is 0 Å². The molecule has 0 spiro atoms. The standard InChI is InChI=1S/C21H23N3O2/c1-15(17-9-7-16(13-22)8-10-17)23-21(26)24(19-11-12-19)14-20(25)18-5-3-2-4-6-18/h2-10,15,19-20,25H,11-12,14H2,1H3,(H,23,26)/t15-,20-/m0/s1. The van der Waals surface area contributed by atoms with Gasteiger partial charge >= 0.3 is 6.03 Å². The fourth-order valence-corrected chi connectivity index (χ4v) is 2.95. The molecule has 0 saturated heterocycles. The second-order valence-corrected chi connectivity index (χ2v) is 6.72. The largest absolute Gasteiger partial charge is 0.387 e. The van der Waals surface area contributed by atoms with Crippen molar-refractivity contribution in [2.24, 2.45) is 0 Å². The fraction of sp³-hybridized carbons (Fsp3) is 0.333. The highest BCUT2D eigenvalue weighted by atomic mass is 16.3. The molecule has 3 rings (SSSR count). The Bertz CT molecular complexity index is 779. The molecule has 2 aromatic rings. The van der Waals surface area contributed by atoms with Crippen LogP contribution in [0.3, 0.4) is 0 Å². The van der Waals surface area contributed by atoms with Crippen molar-refractivity contribution in [3.8, 4) is 6.07 Å². The van der Waals surface area contributed by atoms with Crippen LogP contribution < -0.4 is 5.32 Å². The maximum Gasteiger partial charge on any atom is 0.318 e. The van der Waals surface area contributed by atoms with Crippen LogP contribution in [0.4, 0.5) is 4.79 Å². The Hall–Kier alpha value is -2.84. The molecule has 0 aliphatic heterocycles. The van der Waals surface area contributed by atoms with E-state index in [1.807, 2.05) is 49.4 Å². The number of hydrogen-bond acceptors (Lipinski definition) is 3. The summed E-state index contributed by atoms with van der Waals surface area (Å²) in [7, 11) is 0. The number of rotatable bonds is 6. The first kappa shape index (κ1) is 18.0. The van der Waals surface area contributed by atoms with Gasteiger partial charge < -0.3 is 15.3 Å². The van der Waals surface area contributed by atoms with Crippen molar-refractivity contribution in [3.05, 3.63) is 71.3 Å². The lowest BCUT2D eigenvalue weighted by Gasteiger charge is -2.27. The summed E-state index contributed by atoms with van der Waals surface area (Å²) in [6.07, 6.45) is 1.24. The summed E-state index contributed by atoms with van der Waals surface area (Å²) in [5.74, 6) is 0. The van der Waals surface area contributed by atoms with Gasteiger partial charge in [0.1, 0.15) is 0 Å². The Morgan fingerprint density at radius 3 is 2.42 bits per heavy atom. The molecule has 1 aliphatic rings. The van der Waals surface area contributed by atoms with Crippen LogP contribution in [0.15, 0.2) is 54.6 Å². The normalized spacial score (nSPS) is 15.6. The monoisotopic (exact) mass is 349 g/mol. The van der Waals surface area contributed by atoms with Crippen molar-refractivity contribution >= 4 is 6.03 Å². The molecule has 0 unspecified atom stereocenters. The van der Waals surface area contributed by atoms with E-state index in [2.05, 4.69) is 11.4 Å². The van der Waals surface area contributed by atoms with E-state index in [0.29, 0.717) is 5.56 Å². The molecule has 134 valence electrons. The number of aliphatic hydroxyl groups excluding tert-OH is 1. The first-order valence-electron chi connectivity index (χ1n) is 8.88. The molecule has 0 heterocycles. The third kappa shape index (κ3) is 4.41. The molecule has 1 saturated carbocycles. The molecule has 2 aromatic carbocycles. The second-order valence-electron chi connectivity index (χ2n) is 6.72. The number of carbonyl (C=O) groups is 1. The lowest BCUT2D eigenvalue weighted by molar-refractivity contribution is 0.117. The number of carbonyl (C=O) groups excluding carboxylic acids is 1. The van der Waals surface area contributed by atoms with E-state index in [9.17, 15) is 9.90 Å². The average Bonchev–Trinajstić information content (AvgIpc) is 3.51. The van der Waals surface area contributed by atoms with Gasteiger partial charge in [0, 0.05) is 6.04 Å². The Morgan fingerprint density at radius 2 is 1.85 bits per heavy atom. The van der Waals surface area contributed by atoms with Crippen LogP contribution in [0, 0.1) is 11.3 Å². The summed E-state index contributed by atoms with van der Waals surface area (Å²) in [6, 6.07) is 18.5. The van der Waals surface area contributed by atoms with Gasteiger partial charge in [0.25, 0.3) is 0 Å². The lowest BCUT2D eigenvalue weighted by atomic mass is 10.1. The number of hydrogen-bond donors (Lipinski definition) is 2. The van der Waals surface area contributed by atoms with Crippen LogP contribution in [-0.2, 0) is 0 Å². The molecule has 5 nitrogen and oxygen atoms in total. The van der Waals surface area contributed by atoms with Crippen LogP contribution in [0.2, 0.25) is 0 Å². The van der Waals surface area contributed by atoms with Gasteiger partial charge in [-0.3, -0.25) is 0 Å². The zero-order chi connectivity index (χ0) is 18.5. The molecule has 0 bridgehead atoms. The van der Waals surface area contributed by atoms with E-state index >= 15 is 0 Å². The van der Waals surface area contributed by atoms with Crippen LogP contribution in [-0.4, -0.2) is 28.6 Å². The van der Waals surface area contributed by atoms with Crippen molar-refractivity contribution in [2.45, 2.75) is 38.0 Å².